The Morgan fingerprint density at radius 3 is 2.59 bits per heavy atom. The van der Waals surface area contributed by atoms with Gasteiger partial charge in [-0.05, 0) is 38.5 Å². The quantitative estimate of drug-likeness (QED) is 0.902. The van der Waals surface area contributed by atoms with Gasteiger partial charge in [-0.3, -0.25) is 0 Å². The summed E-state index contributed by atoms with van der Waals surface area (Å²) in [4.78, 5) is 12.0. The average Bonchev–Trinajstić information content (AvgIpc) is 2.92. The minimum atomic E-state index is -0.577. The van der Waals surface area contributed by atoms with Crippen molar-refractivity contribution in [3.05, 3.63) is 40.7 Å². The van der Waals surface area contributed by atoms with Crippen LogP contribution in [0.15, 0.2) is 24.3 Å². The fraction of sp³-hybridized carbons (Fsp3) is 0.429. The molecule has 0 saturated heterocycles. The van der Waals surface area contributed by atoms with Gasteiger partial charge < -0.3 is 10.1 Å². The Kier molecular flexibility index (Phi) is 4.97. The molecule has 0 radical (unpaired) electrons. The third kappa shape index (κ3) is 5.00. The molecule has 0 aliphatic rings. The molecule has 0 bridgehead atoms. The zero-order chi connectivity index (χ0) is 16.2. The molecule has 1 atom stereocenters. The van der Waals surface area contributed by atoms with Crippen molar-refractivity contribution < 1.29 is 9.53 Å². The van der Waals surface area contributed by atoms with E-state index >= 15 is 0 Å². The summed E-state index contributed by atoms with van der Waals surface area (Å²) in [5, 5.41) is 17.2. The van der Waals surface area contributed by atoms with Gasteiger partial charge in [-0.2, -0.15) is 5.21 Å². The molecule has 118 valence electrons. The molecule has 8 heteroatoms. The number of aromatic nitrogens is 4. The minimum absolute atomic E-state index is 0.390. The number of rotatable bonds is 4. The molecule has 2 N–H and O–H groups in total. The van der Waals surface area contributed by atoms with Crippen LogP contribution in [-0.4, -0.2) is 32.3 Å². The monoisotopic (exact) mass is 323 g/mol. The second-order valence-corrected chi connectivity index (χ2v) is 6.24. The third-order valence-corrected chi connectivity index (χ3v) is 2.97. The average molecular weight is 324 g/mol. The number of benzene rings is 1. The number of ether oxygens (including phenoxy) is 1. The second kappa shape index (κ2) is 6.74. The Bertz CT molecular complexity index is 607. The van der Waals surface area contributed by atoms with Gasteiger partial charge in [-0.15, -0.1) is 10.2 Å². The van der Waals surface area contributed by atoms with Crippen LogP contribution in [-0.2, 0) is 11.2 Å². The molecule has 0 unspecified atom stereocenters. The highest BCUT2D eigenvalue weighted by atomic mass is 35.5. The number of nitrogens with one attached hydrogen (secondary N) is 2. The number of carbonyl (C=O) groups excluding carboxylic acids is 1. The summed E-state index contributed by atoms with van der Waals surface area (Å²) in [6.07, 6.45) is -0.0353. The zero-order valence-corrected chi connectivity index (χ0v) is 13.4. The molecule has 0 spiro atoms. The van der Waals surface area contributed by atoms with E-state index in [1.165, 1.54) is 0 Å². The van der Waals surface area contributed by atoms with Crippen LogP contribution >= 0.6 is 11.6 Å². The number of hydrogen-bond donors (Lipinski definition) is 2. The van der Waals surface area contributed by atoms with Crippen LogP contribution in [0.1, 0.15) is 38.2 Å². The van der Waals surface area contributed by atoms with Gasteiger partial charge in [0, 0.05) is 11.4 Å². The molecule has 1 aromatic carbocycles. The summed E-state index contributed by atoms with van der Waals surface area (Å²) >= 11 is 5.88. The third-order valence-electron chi connectivity index (χ3n) is 2.72. The van der Waals surface area contributed by atoms with E-state index < -0.39 is 17.7 Å². The Hall–Kier alpha value is -2.15. The molecule has 7 nitrogen and oxygen atoms in total. The standard InChI is InChI=1S/C14H18ClN5O2/c1-14(2,3)22-13(21)16-11(12-17-19-20-18-12)8-9-4-6-10(15)7-5-9/h4-7,11H,8H2,1-3H3,(H,16,21)(H,17,18,19,20)/t11-/m0/s1. The Morgan fingerprint density at radius 1 is 1.36 bits per heavy atom. The zero-order valence-electron chi connectivity index (χ0n) is 12.6. The Balaban J connectivity index is 2.10. The molecule has 1 aromatic heterocycles. The molecule has 1 amide bonds. The molecule has 0 saturated carbocycles. The van der Waals surface area contributed by atoms with Crippen molar-refractivity contribution >= 4 is 17.7 Å². The highest BCUT2D eigenvalue weighted by molar-refractivity contribution is 6.30. The molecule has 0 aliphatic heterocycles. The molecule has 1 heterocycles. The second-order valence-electron chi connectivity index (χ2n) is 5.80. The minimum Gasteiger partial charge on any atom is -0.444 e. The molecule has 22 heavy (non-hydrogen) atoms. The summed E-state index contributed by atoms with van der Waals surface area (Å²) in [5.74, 6) is 0.390. The SMILES string of the molecule is CC(C)(C)OC(=O)N[C@@H](Cc1ccc(Cl)cc1)c1nn[nH]n1. The summed E-state index contributed by atoms with van der Waals surface area (Å²) in [7, 11) is 0. The van der Waals surface area contributed by atoms with Crippen LogP contribution in [0.25, 0.3) is 0 Å². The first-order valence-electron chi connectivity index (χ1n) is 6.81. The van der Waals surface area contributed by atoms with Gasteiger partial charge in [0.2, 0.25) is 0 Å². The van der Waals surface area contributed by atoms with E-state index in [0.29, 0.717) is 17.3 Å². The topological polar surface area (TPSA) is 92.8 Å². The number of tetrazole rings is 1. The van der Waals surface area contributed by atoms with Crippen LogP contribution in [0.4, 0.5) is 4.79 Å². The number of carbonyl (C=O) groups is 1. The van der Waals surface area contributed by atoms with Gasteiger partial charge in [-0.1, -0.05) is 28.9 Å². The molecule has 2 aromatic rings. The first-order chi connectivity index (χ1) is 10.3. The number of hydrogen-bond acceptors (Lipinski definition) is 5. The van der Waals surface area contributed by atoms with Crippen molar-refractivity contribution in [3.63, 3.8) is 0 Å². The predicted molar refractivity (Wildman–Crippen MR) is 81.4 cm³/mol. The molecule has 0 aliphatic carbocycles. The lowest BCUT2D eigenvalue weighted by Crippen LogP contribution is -2.36. The van der Waals surface area contributed by atoms with Gasteiger partial charge in [-0.25, -0.2) is 4.79 Å². The van der Waals surface area contributed by atoms with Crippen LogP contribution in [0, 0.1) is 0 Å². The van der Waals surface area contributed by atoms with E-state index in [-0.39, 0.29) is 0 Å². The van der Waals surface area contributed by atoms with Gasteiger partial charge in [0.1, 0.15) is 11.6 Å². The van der Waals surface area contributed by atoms with E-state index in [1.807, 2.05) is 12.1 Å². The van der Waals surface area contributed by atoms with Crippen molar-refractivity contribution in [1.29, 1.82) is 0 Å². The van der Waals surface area contributed by atoms with Crippen LogP contribution in [0.2, 0.25) is 5.02 Å². The highest BCUT2D eigenvalue weighted by Crippen LogP contribution is 2.18. The van der Waals surface area contributed by atoms with E-state index in [1.54, 1.807) is 32.9 Å². The number of H-pyrrole nitrogens is 1. The van der Waals surface area contributed by atoms with Gasteiger partial charge in [0.05, 0.1) is 0 Å². The smallest absolute Gasteiger partial charge is 0.408 e. The lowest BCUT2D eigenvalue weighted by Gasteiger charge is -2.22. The van der Waals surface area contributed by atoms with Crippen LogP contribution in [0.5, 0.6) is 0 Å². The first-order valence-corrected chi connectivity index (χ1v) is 7.18. The molecule has 0 fully saturated rings. The van der Waals surface area contributed by atoms with Crippen LogP contribution in [0.3, 0.4) is 0 Å². The maximum Gasteiger partial charge on any atom is 0.408 e. The van der Waals surface area contributed by atoms with Crippen molar-refractivity contribution in [2.24, 2.45) is 0 Å². The van der Waals surface area contributed by atoms with Crippen molar-refractivity contribution in [1.82, 2.24) is 25.9 Å². The van der Waals surface area contributed by atoms with E-state index in [4.69, 9.17) is 16.3 Å². The van der Waals surface area contributed by atoms with E-state index in [0.717, 1.165) is 5.56 Å². The number of nitrogens with zero attached hydrogens (tertiary/aromatic N) is 3. The fourth-order valence-corrected chi connectivity index (χ4v) is 1.96. The predicted octanol–water partition coefficient (Wildman–Crippen LogP) is 2.66. The number of aromatic amines is 1. The Morgan fingerprint density at radius 2 is 2.05 bits per heavy atom. The van der Waals surface area contributed by atoms with Crippen molar-refractivity contribution in [3.8, 4) is 0 Å². The summed E-state index contributed by atoms with van der Waals surface area (Å²) in [5.41, 5.74) is 0.404. The normalized spacial score (nSPS) is 12.7. The lowest BCUT2D eigenvalue weighted by atomic mass is 10.1. The molecular formula is C14H18ClN5O2. The first kappa shape index (κ1) is 16.2. The lowest BCUT2D eigenvalue weighted by molar-refractivity contribution is 0.0501. The van der Waals surface area contributed by atoms with Crippen molar-refractivity contribution in [2.45, 2.75) is 38.8 Å². The van der Waals surface area contributed by atoms with Gasteiger partial charge in [0.25, 0.3) is 0 Å². The van der Waals surface area contributed by atoms with Crippen molar-refractivity contribution in [2.75, 3.05) is 0 Å². The van der Waals surface area contributed by atoms with E-state index in [9.17, 15) is 4.79 Å². The van der Waals surface area contributed by atoms with Gasteiger partial charge in [0.15, 0.2) is 5.82 Å². The number of amides is 1. The van der Waals surface area contributed by atoms with Crippen LogP contribution < -0.4 is 5.32 Å². The number of halogens is 1. The molecule has 2 rings (SSSR count). The Labute approximate surface area is 133 Å². The maximum absolute atomic E-state index is 12.0. The van der Waals surface area contributed by atoms with Gasteiger partial charge >= 0.3 is 6.09 Å². The fourth-order valence-electron chi connectivity index (χ4n) is 1.83. The number of alkyl carbamates (subject to hydrolysis) is 1. The summed E-state index contributed by atoms with van der Waals surface area (Å²) < 4.78 is 5.27. The maximum atomic E-state index is 12.0. The molecular weight excluding hydrogens is 306 g/mol. The summed E-state index contributed by atoms with van der Waals surface area (Å²) in [6, 6.07) is 6.89. The summed E-state index contributed by atoms with van der Waals surface area (Å²) in [6.45, 7) is 5.40. The van der Waals surface area contributed by atoms with E-state index in [2.05, 4.69) is 25.9 Å². The largest absolute Gasteiger partial charge is 0.444 e. The highest BCUT2D eigenvalue weighted by Gasteiger charge is 2.23.